The van der Waals surface area contributed by atoms with Crippen LogP contribution in [-0.4, -0.2) is 55.3 Å². The van der Waals surface area contributed by atoms with Crippen LogP contribution in [0.25, 0.3) is 0 Å². The maximum Gasteiger partial charge on any atom is 0.306 e. The topological polar surface area (TPSA) is 54.0 Å². The molecular weight excluding hydrogens is 837 g/mol. The molecule has 5 nitrogen and oxygen atoms in total. The van der Waals surface area contributed by atoms with Gasteiger partial charge in [0.1, 0.15) is 6.10 Å². The van der Waals surface area contributed by atoms with E-state index in [9.17, 15) is 4.79 Å². The predicted molar refractivity (Wildman–Crippen MR) is 280 cm³/mol. The van der Waals surface area contributed by atoms with Crippen molar-refractivity contribution in [3.8, 4) is 0 Å². The van der Waals surface area contributed by atoms with Crippen LogP contribution in [0.1, 0.15) is 170 Å². The standard InChI is InChI=1S/C56H102O5Si3/c1-16-17-20-26-44(59-62(7,8)9)30-32-47-46(52(60-63(10,11)12)40-53(47)61-64(13,14)15)27-21-18-19-22-28-54(57)58-45-35-37-55(5)43(39-45)29-31-48-50-34-33-49(42(4)25-23-24-41(2)3)56(50,6)38-36-51(48)55/h18,21,29-30,32,41-42,44-53H,16-17,19-20,22-28,31,33-40H2,1-15H3/b21-18-,32-30+/t42-,44+,45+,46+,47-,48+,49-,50+,51+,52+,53-,55+,56-/m1/s1. The minimum absolute atomic E-state index is 0.00538. The Morgan fingerprint density at radius 2 is 1.52 bits per heavy atom. The Hall–Kier alpha value is -0.779. The molecule has 5 aliphatic carbocycles. The number of hydrogen-bond donors (Lipinski definition) is 0. The number of ether oxygens (including phenoxy) is 1. The van der Waals surface area contributed by atoms with Gasteiger partial charge in [-0.3, -0.25) is 4.79 Å². The molecule has 5 aliphatic rings. The van der Waals surface area contributed by atoms with E-state index < -0.39 is 25.0 Å². The van der Waals surface area contributed by atoms with Crippen molar-refractivity contribution < 1.29 is 22.8 Å². The molecule has 8 heteroatoms. The molecule has 0 spiro atoms. The molecule has 0 unspecified atom stereocenters. The molecule has 368 valence electrons. The molecule has 0 aromatic carbocycles. The first-order chi connectivity index (χ1) is 29.9. The van der Waals surface area contributed by atoms with Crippen LogP contribution in [0.3, 0.4) is 0 Å². The molecule has 0 bridgehead atoms. The number of unbranched alkanes of at least 4 members (excludes halogenated alkanes) is 3. The average molecular weight is 940 g/mol. The molecule has 4 saturated carbocycles. The molecular formula is C56H102O5Si3. The van der Waals surface area contributed by atoms with E-state index in [0.717, 1.165) is 80.5 Å². The van der Waals surface area contributed by atoms with Gasteiger partial charge in [-0.1, -0.05) is 116 Å². The van der Waals surface area contributed by atoms with Crippen LogP contribution >= 0.6 is 0 Å². The summed E-state index contributed by atoms with van der Waals surface area (Å²) in [5.41, 5.74) is 2.42. The molecule has 0 N–H and O–H groups in total. The molecule has 0 amide bonds. The smallest absolute Gasteiger partial charge is 0.306 e. The lowest BCUT2D eigenvalue weighted by atomic mass is 9.47. The summed E-state index contributed by atoms with van der Waals surface area (Å²) in [5.74, 6) is 5.74. The summed E-state index contributed by atoms with van der Waals surface area (Å²) >= 11 is 0. The number of carbonyl (C=O) groups excluding carboxylic acids is 1. The summed E-state index contributed by atoms with van der Waals surface area (Å²) in [4.78, 5) is 13.3. The SMILES string of the molecule is CCCCC[C@@H](/C=C/[C@@H]1[C@H](C/C=C\CCCC(=O)O[C@H]2CC[C@@]3(C)C(=CC[C@H]4[C@@H]5CC[C@H]([C@H](C)CCCC(C)C)[C@@]5(C)CC[C@@H]43)C2)[C@@H](O[Si](C)(C)C)C[C@H]1O[Si](C)(C)C)O[Si](C)(C)C. The summed E-state index contributed by atoms with van der Waals surface area (Å²) in [5, 5.41) is 0. The monoisotopic (exact) mass is 939 g/mol. The van der Waals surface area contributed by atoms with Crippen molar-refractivity contribution in [3.05, 3.63) is 36.0 Å². The van der Waals surface area contributed by atoms with Gasteiger partial charge >= 0.3 is 5.97 Å². The van der Waals surface area contributed by atoms with E-state index in [0.29, 0.717) is 23.7 Å². The Kier molecular flexibility index (Phi) is 19.6. The summed E-state index contributed by atoms with van der Waals surface area (Å²) in [6, 6.07) is 0. The molecule has 0 aliphatic heterocycles. The van der Waals surface area contributed by atoms with Crippen LogP contribution in [-0.2, 0) is 22.8 Å². The second-order valence-electron chi connectivity index (χ2n) is 25.9. The third-order valence-electron chi connectivity index (χ3n) is 16.9. The Morgan fingerprint density at radius 1 is 0.797 bits per heavy atom. The van der Waals surface area contributed by atoms with Crippen molar-refractivity contribution >= 4 is 30.9 Å². The largest absolute Gasteiger partial charge is 0.462 e. The molecule has 0 aromatic rings. The quantitative estimate of drug-likeness (QED) is 0.0418. The lowest BCUT2D eigenvalue weighted by Crippen LogP contribution is -2.51. The number of esters is 1. The van der Waals surface area contributed by atoms with Crippen LogP contribution in [0, 0.1) is 58.2 Å². The summed E-state index contributed by atoms with van der Waals surface area (Å²) < 4.78 is 26.9. The number of rotatable bonds is 24. The van der Waals surface area contributed by atoms with Crippen LogP contribution in [0.2, 0.25) is 58.9 Å². The van der Waals surface area contributed by atoms with Gasteiger partial charge in [0.25, 0.3) is 0 Å². The minimum atomic E-state index is -1.78. The lowest BCUT2D eigenvalue weighted by Gasteiger charge is -2.58. The van der Waals surface area contributed by atoms with Crippen molar-refractivity contribution in [1.29, 1.82) is 0 Å². The van der Waals surface area contributed by atoms with Crippen molar-refractivity contribution in [3.63, 3.8) is 0 Å². The van der Waals surface area contributed by atoms with E-state index in [1.165, 1.54) is 77.0 Å². The van der Waals surface area contributed by atoms with Crippen LogP contribution in [0.5, 0.6) is 0 Å². The van der Waals surface area contributed by atoms with Crippen molar-refractivity contribution in [1.82, 2.24) is 0 Å². The summed E-state index contributed by atoms with van der Waals surface area (Å²) in [6.07, 6.45) is 36.0. The number of fused-ring (bicyclic) bond motifs is 5. The number of carbonyl (C=O) groups is 1. The van der Waals surface area contributed by atoms with Crippen LogP contribution in [0.15, 0.2) is 36.0 Å². The van der Waals surface area contributed by atoms with E-state index in [1.807, 2.05) is 0 Å². The van der Waals surface area contributed by atoms with Crippen molar-refractivity contribution in [2.45, 2.75) is 253 Å². The summed E-state index contributed by atoms with van der Waals surface area (Å²) in [7, 11) is -5.27. The first kappa shape index (κ1) is 54.2. The maximum absolute atomic E-state index is 13.3. The van der Waals surface area contributed by atoms with E-state index in [2.05, 4.69) is 131 Å². The summed E-state index contributed by atoms with van der Waals surface area (Å²) in [6.45, 7) is 35.8. The highest BCUT2D eigenvalue weighted by Crippen LogP contribution is 2.67. The molecule has 13 atom stereocenters. The van der Waals surface area contributed by atoms with E-state index in [4.69, 9.17) is 18.0 Å². The van der Waals surface area contributed by atoms with Gasteiger partial charge in [-0.25, -0.2) is 0 Å². The first-order valence-corrected chi connectivity index (χ1v) is 37.4. The van der Waals surface area contributed by atoms with Gasteiger partial charge in [-0.2, -0.15) is 0 Å². The van der Waals surface area contributed by atoms with Gasteiger partial charge in [-0.15, -0.1) is 0 Å². The van der Waals surface area contributed by atoms with Gasteiger partial charge in [0.2, 0.25) is 0 Å². The fourth-order valence-corrected chi connectivity index (χ4v) is 17.5. The van der Waals surface area contributed by atoms with E-state index >= 15 is 0 Å². The zero-order chi connectivity index (χ0) is 47.1. The number of hydrogen-bond acceptors (Lipinski definition) is 5. The Bertz CT molecular complexity index is 1550. The Morgan fingerprint density at radius 3 is 2.19 bits per heavy atom. The van der Waals surface area contributed by atoms with E-state index in [1.54, 1.807) is 5.57 Å². The fourth-order valence-electron chi connectivity index (χ4n) is 14.1. The average Bonchev–Trinajstić information content (AvgIpc) is 3.68. The molecule has 0 radical (unpaired) electrons. The van der Waals surface area contributed by atoms with Crippen molar-refractivity contribution in [2.75, 3.05) is 0 Å². The third-order valence-corrected chi connectivity index (χ3v) is 19.9. The third kappa shape index (κ3) is 15.1. The van der Waals surface area contributed by atoms with E-state index in [-0.39, 0.29) is 35.8 Å². The Balaban J connectivity index is 1.14. The molecule has 0 aromatic heterocycles. The molecule has 4 fully saturated rings. The first-order valence-electron chi connectivity index (χ1n) is 27.2. The normalized spacial score (nSPS) is 34.5. The second-order valence-corrected chi connectivity index (χ2v) is 39.3. The highest BCUT2D eigenvalue weighted by Gasteiger charge is 2.59. The van der Waals surface area contributed by atoms with Crippen LogP contribution in [0.4, 0.5) is 0 Å². The molecule has 0 saturated heterocycles. The Labute approximate surface area is 399 Å². The van der Waals surface area contributed by atoms with Gasteiger partial charge in [0.15, 0.2) is 25.0 Å². The lowest BCUT2D eigenvalue weighted by molar-refractivity contribution is -0.151. The van der Waals surface area contributed by atoms with Gasteiger partial charge < -0.3 is 18.0 Å². The van der Waals surface area contributed by atoms with Gasteiger partial charge in [0, 0.05) is 18.8 Å². The highest BCUT2D eigenvalue weighted by atomic mass is 28.4. The fraction of sp³-hybridized carbons (Fsp3) is 0.875. The molecule has 5 rings (SSSR count). The minimum Gasteiger partial charge on any atom is -0.462 e. The van der Waals surface area contributed by atoms with Crippen LogP contribution < -0.4 is 0 Å². The zero-order valence-electron chi connectivity index (χ0n) is 44.5. The zero-order valence-corrected chi connectivity index (χ0v) is 47.5. The molecule has 0 heterocycles. The predicted octanol–water partition coefficient (Wildman–Crippen LogP) is 16.5. The maximum atomic E-state index is 13.3. The highest BCUT2D eigenvalue weighted by molar-refractivity contribution is 6.70. The van der Waals surface area contributed by atoms with Gasteiger partial charge in [-0.05, 0) is 188 Å². The second kappa shape index (κ2) is 23.2. The van der Waals surface area contributed by atoms with Crippen molar-refractivity contribution in [2.24, 2.45) is 58.2 Å². The van der Waals surface area contributed by atoms with Gasteiger partial charge in [0.05, 0.1) is 18.3 Å². The number of allylic oxidation sites excluding steroid dienone is 3. The molecule has 64 heavy (non-hydrogen) atoms.